The van der Waals surface area contributed by atoms with E-state index in [1.807, 2.05) is 6.92 Å². The minimum atomic E-state index is -2.79. The largest absolute Gasteiger partial charge is 0.444 e. The smallest absolute Gasteiger partial charge is 0.412 e. The quantitative estimate of drug-likeness (QED) is 0.743. The van der Waals surface area contributed by atoms with E-state index in [0.717, 1.165) is 17.0 Å². The SMILES string of the molecule is Cc1ccc2c(NC(=O)OC(C)(C)C)c(C(=O)C3CC(F)(F)C3)sc2n1. The monoisotopic (exact) mass is 382 g/mol. The van der Waals surface area contributed by atoms with Gasteiger partial charge in [-0.05, 0) is 39.8 Å². The Morgan fingerprint density at radius 1 is 1.31 bits per heavy atom. The standard InChI is InChI=1S/C18H20F2N2O3S/c1-9-5-6-11-12(22-16(24)25-17(2,3)4)14(26-15(11)21-9)13(23)10-7-18(19,20)8-10/h5-6,10H,7-8H2,1-4H3,(H,22,24). The normalized spacial score (nSPS) is 17.0. The van der Waals surface area contributed by atoms with Crippen LogP contribution in [0, 0.1) is 12.8 Å². The lowest BCUT2D eigenvalue weighted by Gasteiger charge is -2.33. The highest BCUT2D eigenvalue weighted by Gasteiger charge is 2.49. The second kappa shape index (κ2) is 6.26. The van der Waals surface area contributed by atoms with E-state index in [0.29, 0.717) is 10.2 Å². The molecule has 1 N–H and O–H groups in total. The molecule has 140 valence electrons. The number of carbonyl (C=O) groups excluding carboxylic acids is 2. The van der Waals surface area contributed by atoms with Gasteiger partial charge in [-0.15, -0.1) is 11.3 Å². The van der Waals surface area contributed by atoms with Crippen LogP contribution < -0.4 is 5.32 Å². The van der Waals surface area contributed by atoms with Crippen LogP contribution in [0.15, 0.2) is 12.1 Å². The highest BCUT2D eigenvalue weighted by Crippen LogP contribution is 2.46. The fraction of sp³-hybridized carbons (Fsp3) is 0.500. The van der Waals surface area contributed by atoms with Gasteiger partial charge in [0.05, 0.1) is 10.6 Å². The molecule has 0 saturated heterocycles. The number of hydrogen-bond acceptors (Lipinski definition) is 5. The maximum absolute atomic E-state index is 13.2. The zero-order valence-corrected chi connectivity index (χ0v) is 15.8. The predicted molar refractivity (Wildman–Crippen MR) is 96.2 cm³/mol. The van der Waals surface area contributed by atoms with Gasteiger partial charge >= 0.3 is 6.09 Å². The van der Waals surface area contributed by atoms with Gasteiger partial charge in [-0.1, -0.05) is 0 Å². The highest BCUT2D eigenvalue weighted by molar-refractivity contribution is 7.21. The molecule has 0 radical (unpaired) electrons. The molecule has 1 amide bonds. The molecular formula is C18H20F2N2O3S. The molecule has 2 heterocycles. The molecule has 1 saturated carbocycles. The molecule has 26 heavy (non-hydrogen) atoms. The Hall–Kier alpha value is -2.09. The molecule has 3 rings (SSSR count). The number of ether oxygens (including phenoxy) is 1. The molecule has 1 fully saturated rings. The number of aryl methyl sites for hydroxylation is 1. The minimum absolute atomic E-state index is 0.240. The number of nitrogens with zero attached hydrogens (tertiary/aromatic N) is 1. The summed E-state index contributed by atoms with van der Waals surface area (Å²) in [4.78, 5) is 30.1. The van der Waals surface area contributed by atoms with Crippen LogP contribution in [0.5, 0.6) is 0 Å². The van der Waals surface area contributed by atoms with Gasteiger partial charge in [-0.3, -0.25) is 10.1 Å². The average Bonchev–Trinajstić information content (AvgIpc) is 2.79. The van der Waals surface area contributed by atoms with Crippen molar-refractivity contribution < 1.29 is 23.1 Å². The van der Waals surface area contributed by atoms with Crippen LogP contribution in [0.3, 0.4) is 0 Å². The number of carbonyl (C=O) groups is 2. The van der Waals surface area contributed by atoms with Crippen molar-refractivity contribution in [3.05, 3.63) is 22.7 Å². The lowest BCUT2D eigenvalue weighted by molar-refractivity contribution is -0.0981. The number of halogens is 2. The molecule has 5 nitrogen and oxygen atoms in total. The zero-order valence-electron chi connectivity index (χ0n) is 15.0. The Balaban J connectivity index is 1.96. The first-order valence-electron chi connectivity index (χ1n) is 8.27. The molecule has 1 aliphatic rings. The Labute approximate surface area is 153 Å². The fourth-order valence-corrected chi connectivity index (χ4v) is 4.00. The number of Topliss-reactive ketones (excluding diaryl/α,β-unsaturated/α-hetero) is 1. The van der Waals surface area contributed by atoms with Gasteiger partial charge in [0.2, 0.25) is 5.92 Å². The lowest BCUT2D eigenvalue weighted by Crippen LogP contribution is -2.40. The highest BCUT2D eigenvalue weighted by atomic mass is 32.1. The van der Waals surface area contributed by atoms with Gasteiger partial charge in [0, 0.05) is 29.8 Å². The number of aromatic nitrogens is 1. The Kier molecular flexibility index (Phi) is 4.50. The van der Waals surface area contributed by atoms with Crippen molar-refractivity contribution in [2.24, 2.45) is 5.92 Å². The first-order chi connectivity index (χ1) is 12.0. The molecule has 0 atom stereocenters. The Bertz CT molecular complexity index is 878. The molecule has 0 spiro atoms. The number of nitrogens with one attached hydrogen (secondary N) is 1. The predicted octanol–water partition coefficient (Wildman–Crippen LogP) is 5.18. The minimum Gasteiger partial charge on any atom is -0.444 e. The van der Waals surface area contributed by atoms with Crippen LogP contribution in [0.1, 0.15) is 49.0 Å². The van der Waals surface area contributed by atoms with Gasteiger partial charge < -0.3 is 4.74 Å². The van der Waals surface area contributed by atoms with Crippen molar-refractivity contribution in [1.29, 1.82) is 0 Å². The lowest BCUT2D eigenvalue weighted by atomic mass is 9.78. The maximum Gasteiger partial charge on any atom is 0.412 e. The maximum atomic E-state index is 13.2. The van der Waals surface area contributed by atoms with Crippen LogP contribution in [0.25, 0.3) is 10.2 Å². The van der Waals surface area contributed by atoms with E-state index < -0.39 is 36.4 Å². The topological polar surface area (TPSA) is 68.3 Å². The van der Waals surface area contributed by atoms with Crippen molar-refractivity contribution in [1.82, 2.24) is 4.98 Å². The number of ketones is 1. The van der Waals surface area contributed by atoms with Crippen LogP contribution in [-0.4, -0.2) is 28.4 Å². The third-order valence-corrected chi connectivity index (χ3v) is 5.12. The first kappa shape index (κ1) is 18.7. The summed E-state index contributed by atoms with van der Waals surface area (Å²) in [5.41, 5.74) is 0.342. The number of rotatable bonds is 3. The van der Waals surface area contributed by atoms with Crippen molar-refractivity contribution in [2.45, 2.75) is 52.1 Å². The molecule has 0 bridgehead atoms. The van der Waals surface area contributed by atoms with Gasteiger partial charge in [-0.25, -0.2) is 18.6 Å². The van der Waals surface area contributed by atoms with E-state index in [1.165, 1.54) is 0 Å². The van der Waals surface area contributed by atoms with Crippen molar-refractivity contribution >= 4 is 39.1 Å². The van der Waals surface area contributed by atoms with Crippen LogP contribution >= 0.6 is 11.3 Å². The summed E-state index contributed by atoms with van der Waals surface area (Å²) in [6.45, 7) is 7.00. The van der Waals surface area contributed by atoms with E-state index in [4.69, 9.17) is 4.74 Å². The Morgan fingerprint density at radius 2 is 1.96 bits per heavy atom. The van der Waals surface area contributed by atoms with Gasteiger partial charge in [-0.2, -0.15) is 0 Å². The second-order valence-corrected chi connectivity index (χ2v) is 8.56. The number of fused-ring (bicyclic) bond motifs is 1. The molecule has 2 aromatic rings. The summed E-state index contributed by atoms with van der Waals surface area (Å²) in [5, 5.41) is 3.21. The first-order valence-corrected chi connectivity index (χ1v) is 9.09. The summed E-state index contributed by atoms with van der Waals surface area (Å²) in [6, 6.07) is 3.52. The molecule has 1 aliphatic carbocycles. The number of hydrogen-bond donors (Lipinski definition) is 1. The number of thiophene rings is 1. The van der Waals surface area contributed by atoms with Gasteiger partial charge in [0.1, 0.15) is 10.4 Å². The molecule has 8 heteroatoms. The fourth-order valence-electron chi connectivity index (χ4n) is 2.81. The molecule has 0 aliphatic heterocycles. The van der Waals surface area contributed by atoms with Crippen LogP contribution in [0.4, 0.5) is 19.3 Å². The third kappa shape index (κ3) is 3.85. The van der Waals surface area contributed by atoms with E-state index in [1.54, 1.807) is 32.9 Å². The zero-order chi connectivity index (χ0) is 19.3. The van der Waals surface area contributed by atoms with Crippen LogP contribution in [0.2, 0.25) is 0 Å². The van der Waals surface area contributed by atoms with Gasteiger partial charge in [0.15, 0.2) is 5.78 Å². The molecule has 0 unspecified atom stereocenters. The summed E-state index contributed by atoms with van der Waals surface area (Å²) < 4.78 is 31.6. The van der Waals surface area contributed by atoms with Crippen molar-refractivity contribution in [3.8, 4) is 0 Å². The molecule has 2 aromatic heterocycles. The van der Waals surface area contributed by atoms with Crippen LogP contribution in [-0.2, 0) is 4.74 Å². The molecular weight excluding hydrogens is 362 g/mol. The van der Waals surface area contributed by atoms with Crippen molar-refractivity contribution in [3.63, 3.8) is 0 Å². The summed E-state index contributed by atoms with van der Waals surface area (Å²) in [7, 11) is 0. The summed E-state index contributed by atoms with van der Waals surface area (Å²) in [6.07, 6.45) is -1.62. The van der Waals surface area contributed by atoms with E-state index >= 15 is 0 Å². The average molecular weight is 382 g/mol. The number of amides is 1. The third-order valence-electron chi connectivity index (χ3n) is 4.01. The van der Waals surface area contributed by atoms with Crippen molar-refractivity contribution in [2.75, 3.05) is 5.32 Å². The summed E-state index contributed by atoms with van der Waals surface area (Å²) >= 11 is 1.11. The number of anilines is 1. The summed E-state index contributed by atoms with van der Waals surface area (Å²) in [5.74, 6) is -3.91. The van der Waals surface area contributed by atoms with E-state index in [2.05, 4.69) is 10.3 Å². The van der Waals surface area contributed by atoms with Gasteiger partial charge in [0.25, 0.3) is 0 Å². The Morgan fingerprint density at radius 3 is 2.54 bits per heavy atom. The van der Waals surface area contributed by atoms with E-state index in [-0.39, 0.29) is 16.3 Å². The van der Waals surface area contributed by atoms with E-state index in [9.17, 15) is 18.4 Å². The molecule has 0 aromatic carbocycles. The number of pyridine rings is 1. The second-order valence-electron chi connectivity index (χ2n) is 7.56. The number of alkyl halides is 2.